The molecule has 0 radical (unpaired) electrons. The molecule has 2 aromatic rings. The molecule has 1 atom stereocenters. The zero-order valence-corrected chi connectivity index (χ0v) is 14.6. The fourth-order valence-electron chi connectivity index (χ4n) is 3.72. The van der Waals surface area contributed by atoms with E-state index in [1.54, 1.807) is 37.3 Å². The van der Waals surface area contributed by atoms with Crippen molar-refractivity contribution in [2.45, 2.75) is 25.4 Å². The molecule has 1 spiro atoms. The number of carbonyl (C=O) groups excluding carboxylic acids is 2. The molecule has 138 valence electrons. The Morgan fingerprint density at radius 2 is 2.00 bits per heavy atom. The number of urea groups is 1. The lowest BCUT2D eigenvalue weighted by molar-refractivity contribution is -0.385. The summed E-state index contributed by atoms with van der Waals surface area (Å²) >= 11 is 0. The second-order valence-corrected chi connectivity index (χ2v) is 6.64. The fourth-order valence-corrected chi connectivity index (χ4v) is 3.72. The van der Waals surface area contributed by atoms with Gasteiger partial charge in [0.25, 0.3) is 11.6 Å². The van der Waals surface area contributed by atoms with Gasteiger partial charge in [-0.2, -0.15) is 0 Å². The molecule has 2 heterocycles. The van der Waals surface area contributed by atoms with Gasteiger partial charge >= 0.3 is 6.03 Å². The van der Waals surface area contributed by atoms with Gasteiger partial charge in [-0.3, -0.25) is 19.8 Å². The van der Waals surface area contributed by atoms with Crippen molar-refractivity contribution in [2.75, 3.05) is 6.61 Å². The van der Waals surface area contributed by atoms with Crippen LogP contribution in [0, 0.1) is 17.0 Å². The summed E-state index contributed by atoms with van der Waals surface area (Å²) in [7, 11) is 0. The summed E-state index contributed by atoms with van der Waals surface area (Å²) in [6.07, 6.45) is 0.332. The molecular weight excluding hydrogens is 350 g/mol. The number of rotatable bonds is 3. The van der Waals surface area contributed by atoms with E-state index in [-0.39, 0.29) is 18.1 Å². The van der Waals surface area contributed by atoms with Crippen LogP contribution in [0.3, 0.4) is 0 Å². The molecule has 2 aliphatic heterocycles. The molecule has 0 aromatic heterocycles. The number of benzene rings is 2. The maximum Gasteiger partial charge on any atom is 0.325 e. The Morgan fingerprint density at radius 1 is 1.22 bits per heavy atom. The van der Waals surface area contributed by atoms with Gasteiger partial charge in [-0.05, 0) is 18.6 Å². The molecule has 1 saturated heterocycles. The summed E-state index contributed by atoms with van der Waals surface area (Å²) in [5.74, 6) is 0.208. The number of imide groups is 1. The van der Waals surface area contributed by atoms with E-state index in [9.17, 15) is 19.7 Å². The minimum Gasteiger partial charge on any atom is -0.493 e. The molecule has 2 aliphatic rings. The van der Waals surface area contributed by atoms with E-state index in [0.717, 1.165) is 4.90 Å². The molecule has 0 aliphatic carbocycles. The summed E-state index contributed by atoms with van der Waals surface area (Å²) in [5.41, 5.74) is 0.445. The van der Waals surface area contributed by atoms with Crippen LogP contribution in [0.4, 0.5) is 10.5 Å². The summed E-state index contributed by atoms with van der Waals surface area (Å²) < 4.78 is 5.61. The number of amides is 3. The zero-order chi connectivity index (χ0) is 19.2. The lowest BCUT2D eigenvalue weighted by Crippen LogP contribution is -2.47. The standard InChI is InChI=1S/C19H17N3O5/c1-12-13(5-4-7-15(12)22(25)26)11-21-17(23)19(20-18(21)24)9-10-27-16-8-3-2-6-14(16)19/h2-8H,9-11H2,1H3,(H,20,24)/t19-/m0/s1. The quantitative estimate of drug-likeness (QED) is 0.510. The molecule has 4 rings (SSSR count). The number of nitro groups is 1. The van der Waals surface area contributed by atoms with Gasteiger partial charge in [0, 0.05) is 23.6 Å². The Hall–Kier alpha value is -3.42. The summed E-state index contributed by atoms with van der Waals surface area (Å²) in [6.45, 7) is 1.90. The van der Waals surface area contributed by atoms with Crippen LogP contribution in [0.15, 0.2) is 42.5 Å². The second-order valence-electron chi connectivity index (χ2n) is 6.64. The number of carbonyl (C=O) groups is 2. The first kappa shape index (κ1) is 17.0. The molecule has 8 heteroatoms. The first-order valence-electron chi connectivity index (χ1n) is 8.53. The van der Waals surface area contributed by atoms with Crippen LogP contribution in [0.1, 0.15) is 23.1 Å². The number of nitrogens with one attached hydrogen (secondary N) is 1. The van der Waals surface area contributed by atoms with Gasteiger partial charge in [-0.15, -0.1) is 0 Å². The fraction of sp³-hybridized carbons (Fsp3) is 0.263. The second kappa shape index (κ2) is 6.08. The van der Waals surface area contributed by atoms with Gasteiger partial charge in [0.05, 0.1) is 18.1 Å². The van der Waals surface area contributed by atoms with Gasteiger partial charge in [0.2, 0.25) is 0 Å². The highest BCUT2D eigenvalue weighted by molar-refractivity contribution is 6.07. The minimum atomic E-state index is -1.15. The zero-order valence-electron chi connectivity index (χ0n) is 14.6. The van der Waals surface area contributed by atoms with Crippen LogP contribution in [0.2, 0.25) is 0 Å². The van der Waals surface area contributed by atoms with Crippen molar-refractivity contribution in [3.63, 3.8) is 0 Å². The third-order valence-corrected chi connectivity index (χ3v) is 5.20. The number of para-hydroxylation sites is 1. The third kappa shape index (κ3) is 2.52. The molecule has 0 unspecified atom stereocenters. The Labute approximate surface area is 154 Å². The van der Waals surface area contributed by atoms with E-state index in [2.05, 4.69) is 5.32 Å². The molecule has 0 bridgehead atoms. The number of ether oxygens (including phenoxy) is 1. The van der Waals surface area contributed by atoms with Gasteiger partial charge in [-0.25, -0.2) is 4.79 Å². The Balaban J connectivity index is 1.70. The van der Waals surface area contributed by atoms with Crippen molar-refractivity contribution >= 4 is 17.6 Å². The van der Waals surface area contributed by atoms with Crippen LogP contribution in [0.5, 0.6) is 5.75 Å². The van der Waals surface area contributed by atoms with E-state index < -0.39 is 16.5 Å². The van der Waals surface area contributed by atoms with Crippen LogP contribution in [-0.2, 0) is 16.9 Å². The Kier molecular flexibility index (Phi) is 3.83. The van der Waals surface area contributed by atoms with Crippen molar-refractivity contribution in [2.24, 2.45) is 0 Å². The maximum atomic E-state index is 13.2. The summed E-state index contributed by atoms with van der Waals surface area (Å²) in [5, 5.41) is 14.0. The lowest BCUT2D eigenvalue weighted by Gasteiger charge is -2.33. The topological polar surface area (TPSA) is 102 Å². The number of nitrogens with zero attached hydrogens (tertiary/aromatic N) is 2. The molecule has 0 saturated carbocycles. The highest BCUT2D eigenvalue weighted by Gasteiger charge is 2.54. The van der Waals surface area contributed by atoms with Crippen LogP contribution in [0.25, 0.3) is 0 Å². The van der Waals surface area contributed by atoms with E-state index in [4.69, 9.17) is 4.74 Å². The first-order valence-corrected chi connectivity index (χ1v) is 8.53. The van der Waals surface area contributed by atoms with Gasteiger partial charge < -0.3 is 10.1 Å². The van der Waals surface area contributed by atoms with Crippen LogP contribution < -0.4 is 10.1 Å². The largest absolute Gasteiger partial charge is 0.493 e. The van der Waals surface area contributed by atoms with Gasteiger partial charge in [0.1, 0.15) is 5.75 Å². The van der Waals surface area contributed by atoms with Crippen LogP contribution >= 0.6 is 0 Å². The maximum absolute atomic E-state index is 13.2. The van der Waals surface area contributed by atoms with Crippen LogP contribution in [-0.4, -0.2) is 28.4 Å². The highest BCUT2D eigenvalue weighted by atomic mass is 16.6. The van der Waals surface area contributed by atoms with E-state index in [1.165, 1.54) is 6.07 Å². The molecular formula is C19H17N3O5. The molecule has 2 aromatic carbocycles. The van der Waals surface area contributed by atoms with E-state index in [0.29, 0.717) is 35.5 Å². The van der Waals surface area contributed by atoms with Gasteiger partial charge in [-0.1, -0.05) is 30.3 Å². The Morgan fingerprint density at radius 3 is 2.78 bits per heavy atom. The normalized spacial score (nSPS) is 21.0. The summed E-state index contributed by atoms with van der Waals surface area (Å²) in [4.78, 5) is 37.7. The highest BCUT2D eigenvalue weighted by Crippen LogP contribution is 2.41. The Bertz CT molecular complexity index is 974. The average molecular weight is 367 g/mol. The monoisotopic (exact) mass is 367 g/mol. The number of nitro benzene ring substituents is 1. The molecule has 8 nitrogen and oxygen atoms in total. The van der Waals surface area contributed by atoms with E-state index >= 15 is 0 Å². The number of hydrogen-bond acceptors (Lipinski definition) is 5. The number of fused-ring (bicyclic) bond motifs is 2. The van der Waals surface area contributed by atoms with Crippen molar-refractivity contribution in [1.82, 2.24) is 10.2 Å². The minimum absolute atomic E-state index is 0.0248. The molecule has 27 heavy (non-hydrogen) atoms. The smallest absolute Gasteiger partial charge is 0.325 e. The average Bonchev–Trinajstić information content (AvgIpc) is 2.88. The first-order chi connectivity index (χ1) is 12.9. The molecule has 1 N–H and O–H groups in total. The van der Waals surface area contributed by atoms with Crippen molar-refractivity contribution in [3.8, 4) is 5.75 Å². The van der Waals surface area contributed by atoms with E-state index in [1.807, 2.05) is 6.07 Å². The predicted molar refractivity (Wildman–Crippen MR) is 95.1 cm³/mol. The van der Waals surface area contributed by atoms with Crippen molar-refractivity contribution < 1.29 is 19.2 Å². The van der Waals surface area contributed by atoms with Gasteiger partial charge in [0.15, 0.2) is 5.54 Å². The van der Waals surface area contributed by atoms with Crippen molar-refractivity contribution in [3.05, 3.63) is 69.3 Å². The third-order valence-electron chi connectivity index (χ3n) is 5.20. The lowest BCUT2D eigenvalue weighted by atomic mass is 9.84. The predicted octanol–water partition coefficient (Wildman–Crippen LogP) is 2.63. The molecule has 1 fully saturated rings. The SMILES string of the molecule is Cc1c(CN2C(=O)N[C@]3(CCOc4ccccc43)C2=O)cccc1[N+](=O)[O-]. The number of hydrogen-bond donors (Lipinski definition) is 1. The molecule has 3 amide bonds. The van der Waals surface area contributed by atoms with Crippen molar-refractivity contribution in [1.29, 1.82) is 0 Å². The summed E-state index contributed by atoms with van der Waals surface area (Å²) in [6, 6.07) is 11.3.